The van der Waals surface area contributed by atoms with E-state index >= 15 is 0 Å². The summed E-state index contributed by atoms with van der Waals surface area (Å²) in [6.07, 6.45) is 1.74. The minimum Gasteiger partial charge on any atom is -0.488 e. The van der Waals surface area contributed by atoms with Crippen molar-refractivity contribution in [2.45, 2.75) is 6.61 Å². The SMILES string of the molecule is Clc1ccc(-c2csc(N/N=C\c3ccccc3OCc3ccccc3)n2)cc1. The molecule has 0 bridgehead atoms. The number of rotatable bonds is 7. The molecular weight excluding hydrogens is 402 g/mol. The minimum absolute atomic E-state index is 0.510. The van der Waals surface area contributed by atoms with Crippen LogP contribution in [0, 0.1) is 0 Å². The van der Waals surface area contributed by atoms with Crippen molar-refractivity contribution in [2.75, 3.05) is 5.43 Å². The van der Waals surface area contributed by atoms with E-state index in [1.54, 1.807) is 6.21 Å². The van der Waals surface area contributed by atoms with Crippen LogP contribution in [0.3, 0.4) is 0 Å². The average Bonchev–Trinajstić information content (AvgIpc) is 3.23. The summed E-state index contributed by atoms with van der Waals surface area (Å²) in [6.45, 7) is 0.510. The predicted octanol–water partition coefficient (Wildman–Crippen LogP) is 6.49. The Kier molecular flexibility index (Phi) is 6.19. The predicted molar refractivity (Wildman–Crippen MR) is 121 cm³/mol. The van der Waals surface area contributed by atoms with Crippen LogP contribution in [0.15, 0.2) is 89.3 Å². The van der Waals surface area contributed by atoms with Crippen LogP contribution in [-0.2, 0) is 6.61 Å². The molecule has 1 heterocycles. The molecule has 0 unspecified atom stereocenters. The lowest BCUT2D eigenvalue weighted by molar-refractivity contribution is 0.306. The van der Waals surface area contributed by atoms with Gasteiger partial charge in [0.2, 0.25) is 5.13 Å². The van der Waals surface area contributed by atoms with Crippen LogP contribution in [0.1, 0.15) is 11.1 Å². The van der Waals surface area contributed by atoms with Crippen LogP contribution < -0.4 is 10.2 Å². The first kappa shape index (κ1) is 19.2. The van der Waals surface area contributed by atoms with Crippen molar-refractivity contribution in [2.24, 2.45) is 5.10 Å². The molecule has 0 saturated heterocycles. The van der Waals surface area contributed by atoms with E-state index in [0.29, 0.717) is 16.8 Å². The third-order valence-corrected chi connectivity index (χ3v) is 5.16. The van der Waals surface area contributed by atoms with Gasteiger partial charge in [-0.15, -0.1) is 11.3 Å². The van der Waals surface area contributed by atoms with E-state index < -0.39 is 0 Å². The molecule has 0 aliphatic heterocycles. The number of para-hydroxylation sites is 1. The van der Waals surface area contributed by atoms with Crippen molar-refractivity contribution in [1.82, 2.24) is 4.98 Å². The van der Waals surface area contributed by atoms with E-state index in [-0.39, 0.29) is 0 Å². The first-order chi connectivity index (χ1) is 14.3. The van der Waals surface area contributed by atoms with Crippen molar-refractivity contribution in [3.05, 3.63) is 100 Å². The average molecular weight is 420 g/mol. The lowest BCUT2D eigenvalue weighted by atomic mass is 10.2. The molecule has 0 atom stereocenters. The second kappa shape index (κ2) is 9.37. The molecule has 6 heteroatoms. The number of benzene rings is 3. The summed E-state index contributed by atoms with van der Waals surface area (Å²) < 4.78 is 5.95. The lowest BCUT2D eigenvalue weighted by Crippen LogP contribution is -1.99. The molecule has 1 aromatic heterocycles. The third-order valence-electron chi connectivity index (χ3n) is 4.16. The number of nitrogens with zero attached hydrogens (tertiary/aromatic N) is 2. The van der Waals surface area contributed by atoms with E-state index in [1.807, 2.05) is 84.2 Å². The maximum atomic E-state index is 5.95. The molecule has 0 spiro atoms. The molecule has 3 aromatic carbocycles. The Labute approximate surface area is 178 Å². The standard InChI is InChI=1S/C23H18ClN3OS/c24-20-12-10-18(11-13-20)21-16-29-23(26-21)27-25-14-19-8-4-5-9-22(19)28-15-17-6-2-1-3-7-17/h1-14,16H,15H2,(H,26,27)/b25-14-. The van der Waals surface area contributed by atoms with E-state index in [0.717, 1.165) is 28.1 Å². The molecule has 4 aromatic rings. The Morgan fingerprint density at radius 3 is 2.55 bits per heavy atom. The van der Waals surface area contributed by atoms with Crippen LogP contribution >= 0.6 is 22.9 Å². The summed E-state index contributed by atoms with van der Waals surface area (Å²) in [5.74, 6) is 0.780. The van der Waals surface area contributed by atoms with E-state index in [2.05, 4.69) is 15.5 Å². The monoisotopic (exact) mass is 419 g/mol. The molecule has 0 amide bonds. The van der Waals surface area contributed by atoms with Crippen LogP contribution in [0.2, 0.25) is 5.02 Å². The number of hydrogen-bond acceptors (Lipinski definition) is 5. The van der Waals surface area contributed by atoms with Gasteiger partial charge in [0, 0.05) is 21.5 Å². The molecule has 4 nitrogen and oxygen atoms in total. The number of halogens is 1. The number of hydrazone groups is 1. The van der Waals surface area contributed by atoms with Crippen LogP contribution in [0.5, 0.6) is 5.75 Å². The van der Waals surface area contributed by atoms with Gasteiger partial charge in [-0.05, 0) is 29.8 Å². The minimum atomic E-state index is 0.510. The molecule has 0 radical (unpaired) electrons. The number of nitrogens with one attached hydrogen (secondary N) is 1. The number of aromatic nitrogens is 1. The summed E-state index contributed by atoms with van der Waals surface area (Å²) in [7, 11) is 0. The van der Waals surface area contributed by atoms with Gasteiger partial charge in [0.15, 0.2) is 0 Å². The Bertz CT molecular complexity index is 1090. The van der Waals surface area contributed by atoms with Crippen LogP contribution in [0.4, 0.5) is 5.13 Å². The fourth-order valence-corrected chi connectivity index (χ4v) is 3.48. The normalized spacial score (nSPS) is 10.9. The van der Waals surface area contributed by atoms with Gasteiger partial charge in [-0.3, -0.25) is 5.43 Å². The molecule has 1 N–H and O–H groups in total. The van der Waals surface area contributed by atoms with E-state index in [9.17, 15) is 0 Å². The number of hydrogen-bond donors (Lipinski definition) is 1. The first-order valence-corrected chi connectivity index (χ1v) is 10.3. The highest BCUT2D eigenvalue weighted by molar-refractivity contribution is 7.14. The van der Waals surface area contributed by atoms with Crippen molar-refractivity contribution < 1.29 is 4.74 Å². The smallest absolute Gasteiger partial charge is 0.203 e. The molecule has 4 rings (SSSR count). The zero-order chi connectivity index (χ0) is 19.9. The van der Waals surface area contributed by atoms with Gasteiger partial charge < -0.3 is 4.74 Å². The number of anilines is 1. The fraction of sp³-hybridized carbons (Fsp3) is 0.0435. The summed E-state index contributed by atoms with van der Waals surface area (Å²) in [4.78, 5) is 4.56. The Balaban J connectivity index is 1.40. The van der Waals surface area contributed by atoms with Crippen molar-refractivity contribution >= 4 is 34.3 Å². The highest BCUT2D eigenvalue weighted by atomic mass is 35.5. The van der Waals surface area contributed by atoms with Gasteiger partial charge >= 0.3 is 0 Å². The molecule has 0 saturated carbocycles. The number of thiazole rings is 1. The molecule has 0 fully saturated rings. The Morgan fingerprint density at radius 1 is 0.966 bits per heavy atom. The number of ether oxygens (including phenoxy) is 1. The van der Waals surface area contributed by atoms with Gasteiger partial charge in [0.1, 0.15) is 12.4 Å². The molecule has 144 valence electrons. The van der Waals surface area contributed by atoms with Gasteiger partial charge in [-0.2, -0.15) is 5.10 Å². The van der Waals surface area contributed by atoms with Gasteiger partial charge in [-0.25, -0.2) is 4.98 Å². The second-order valence-corrected chi connectivity index (χ2v) is 7.52. The van der Waals surface area contributed by atoms with Crippen molar-refractivity contribution in [1.29, 1.82) is 0 Å². The zero-order valence-corrected chi connectivity index (χ0v) is 17.0. The van der Waals surface area contributed by atoms with Crippen molar-refractivity contribution in [3.8, 4) is 17.0 Å². The maximum absolute atomic E-state index is 5.95. The lowest BCUT2D eigenvalue weighted by Gasteiger charge is -2.08. The summed E-state index contributed by atoms with van der Waals surface area (Å²) >= 11 is 7.44. The largest absolute Gasteiger partial charge is 0.488 e. The Morgan fingerprint density at radius 2 is 1.72 bits per heavy atom. The van der Waals surface area contributed by atoms with E-state index in [1.165, 1.54) is 11.3 Å². The highest BCUT2D eigenvalue weighted by Gasteiger charge is 2.05. The van der Waals surface area contributed by atoms with Crippen LogP contribution in [0.25, 0.3) is 11.3 Å². The molecule has 0 aliphatic rings. The summed E-state index contributed by atoms with van der Waals surface area (Å²) in [5.41, 5.74) is 6.91. The zero-order valence-electron chi connectivity index (χ0n) is 15.5. The summed E-state index contributed by atoms with van der Waals surface area (Å²) in [6, 6.07) is 25.5. The second-order valence-electron chi connectivity index (χ2n) is 6.23. The first-order valence-electron chi connectivity index (χ1n) is 9.04. The molecule has 29 heavy (non-hydrogen) atoms. The maximum Gasteiger partial charge on any atom is 0.203 e. The molecular formula is C23H18ClN3OS. The summed E-state index contributed by atoms with van der Waals surface area (Å²) in [5, 5.41) is 7.73. The van der Waals surface area contributed by atoms with E-state index in [4.69, 9.17) is 16.3 Å². The van der Waals surface area contributed by atoms with Gasteiger partial charge in [0.05, 0.1) is 11.9 Å². The Hall–Kier alpha value is -3.15. The van der Waals surface area contributed by atoms with Gasteiger partial charge in [-0.1, -0.05) is 66.2 Å². The topological polar surface area (TPSA) is 46.5 Å². The fourth-order valence-electron chi connectivity index (χ4n) is 2.69. The quantitative estimate of drug-likeness (QED) is 0.275. The molecule has 0 aliphatic carbocycles. The van der Waals surface area contributed by atoms with Crippen molar-refractivity contribution in [3.63, 3.8) is 0 Å². The third kappa shape index (κ3) is 5.22. The highest BCUT2D eigenvalue weighted by Crippen LogP contribution is 2.26. The van der Waals surface area contributed by atoms with Gasteiger partial charge in [0.25, 0.3) is 0 Å². The van der Waals surface area contributed by atoms with Crippen LogP contribution in [-0.4, -0.2) is 11.2 Å².